The molecule has 6 nitrogen and oxygen atoms in total. The Bertz CT molecular complexity index is 1110. The molecule has 2 aliphatic rings. The molecule has 0 aliphatic heterocycles. The number of rotatable bonds is 16. The average Bonchev–Trinajstić information content (AvgIpc) is 2.92. The highest BCUT2D eigenvalue weighted by molar-refractivity contribution is 6.09. The first kappa shape index (κ1) is 32.6. The molecule has 0 spiro atoms. The zero-order chi connectivity index (χ0) is 29.9. The second kappa shape index (κ2) is 15.4. The molecule has 1 saturated carbocycles. The fraction of sp³-hybridized carbons (Fsp3) is 0.629. The largest absolute Gasteiger partial charge is 0.478 e. The zero-order valence-corrected chi connectivity index (χ0v) is 26.1. The van der Waals surface area contributed by atoms with E-state index in [2.05, 4.69) is 46.0 Å². The molecule has 1 aromatic rings. The number of carbonyl (C=O) groups is 2. The standard InChI is InChI=1S/C35H52N2O4/c1-6-7-8-9-10-11-12-13-14-15-24-41-37-32-27(18-21-29-31(32)35(4,5)23-22-34(29,2)3)25-30(38)36-28-19-16-26(17-20-28)33(39)40/h16-21,31H,6-15,22-25H2,1-5H3,(H,36,38)(H,39,40). The highest BCUT2D eigenvalue weighted by atomic mass is 16.6. The second-order valence-electron chi connectivity index (χ2n) is 13.2. The van der Waals surface area contributed by atoms with Crippen LogP contribution in [0.5, 0.6) is 0 Å². The summed E-state index contributed by atoms with van der Waals surface area (Å²) >= 11 is 0. The van der Waals surface area contributed by atoms with Gasteiger partial charge in [-0.3, -0.25) is 4.79 Å². The van der Waals surface area contributed by atoms with Gasteiger partial charge in [-0.15, -0.1) is 0 Å². The van der Waals surface area contributed by atoms with Crippen LogP contribution in [0.15, 0.2) is 52.7 Å². The van der Waals surface area contributed by atoms with Crippen molar-refractivity contribution < 1.29 is 19.5 Å². The SMILES string of the molecule is CCCCCCCCCCCCON=C1C(CC(=O)Nc2ccc(C(=O)O)cc2)=CC=C2C1C(C)(C)CCC2(C)C. The highest BCUT2D eigenvalue weighted by Gasteiger charge is 2.48. The van der Waals surface area contributed by atoms with Crippen molar-refractivity contribution >= 4 is 23.3 Å². The van der Waals surface area contributed by atoms with Gasteiger partial charge in [0.2, 0.25) is 5.91 Å². The lowest BCUT2D eigenvalue weighted by Gasteiger charge is -2.50. The van der Waals surface area contributed by atoms with Crippen LogP contribution in [0.2, 0.25) is 0 Å². The molecule has 1 unspecified atom stereocenters. The summed E-state index contributed by atoms with van der Waals surface area (Å²) in [6, 6.07) is 6.22. The molecule has 0 radical (unpaired) electrons. The van der Waals surface area contributed by atoms with Crippen molar-refractivity contribution in [1.82, 2.24) is 0 Å². The maximum Gasteiger partial charge on any atom is 0.335 e. The summed E-state index contributed by atoms with van der Waals surface area (Å²) < 4.78 is 0. The summed E-state index contributed by atoms with van der Waals surface area (Å²) in [6.07, 6.45) is 19.4. The molecule has 2 N–H and O–H groups in total. The Balaban J connectivity index is 1.63. The predicted octanol–water partition coefficient (Wildman–Crippen LogP) is 9.34. The van der Waals surface area contributed by atoms with Crippen LogP contribution < -0.4 is 5.32 Å². The number of aromatic carboxylic acids is 1. The molecule has 2 aliphatic carbocycles. The third kappa shape index (κ3) is 9.58. The number of anilines is 1. The van der Waals surface area contributed by atoms with Gasteiger partial charge in [0.15, 0.2) is 0 Å². The molecule has 0 aromatic heterocycles. The average molecular weight is 565 g/mol. The molecule has 1 amide bonds. The molecule has 226 valence electrons. The molecule has 41 heavy (non-hydrogen) atoms. The number of hydrogen-bond donors (Lipinski definition) is 2. The van der Waals surface area contributed by atoms with Crippen molar-refractivity contribution in [2.24, 2.45) is 21.9 Å². The molecule has 3 rings (SSSR count). The normalized spacial score (nSPS) is 20.1. The van der Waals surface area contributed by atoms with Crippen molar-refractivity contribution in [3.8, 4) is 0 Å². The number of allylic oxidation sites excluding steroid dienone is 3. The van der Waals surface area contributed by atoms with Gasteiger partial charge < -0.3 is 15.3 Å². The second-order valence-corrected chi connectivity index (χ2v) is 13.2. The number of oxime groups is 1. The Morgan fingerprint density at radius 3 is 2.12 bits per heavy atom. The molecule has 1 aromatic carbocycles. The lowest BCUT2D eigenvalue weighted by Crippen LogP contribution is -2.44. The third-order valence-corrected chi connectivity index (χ3v) is 8.85. The van der Waals surface area contributed by atoms with Crippen LogP contribution in [0.3, 0.4) is 0 Å². The maximum atomic E-state index is 13.1. The van der Waals surface area contributed by atoms with Crippen molar-refractivity contribution in [1.29, 1.82) is 0 Å². The van der Waals surface area contributed by atoms with E-state index < -0.39 is 5.97 Å². The first-order valence-electron chi connectivity index (χ1n) is 15.8. The molecule has 1 atom stereocenters. The van der Waals surface area contributed by atoms with Crippen molar-refractivity contribution in [3.63, 3.8) is 0 Å². The van der Waals surface area contributed by atoms with Crippen LogP contribution in [0, 0.1) is 16.7 Å². The first-order valence-corrected chi connectivity index (χ1v) is 15.8. The Morgan fingerprint density at radius 2 is 1.51 bits per heavy atom. The Morgan fingerprint density at radius 1 is 0.902 bits per heavy atom. The van der Waals surface area contributed by atoms with E-state index in [-0.39, 0.29) is 34.6 Å². The summed E-state index contributed by atoms with van der Waals surface area (Å²) in [6.45, 7) is 12.0. The Labute approximate surface area is 247 Å². The van der Waals surface area contributed by atoms with Gasteiger partial charge in [-0.1, -0.05) is 109 Å². The van der Waals surface area contributed by atoms with Crippen LogP contribution in [0.25, 0.3) is 0 Å². The quantitative estimate of drug-likeness (QED) is 0.155. The van der Waals surface area contributed by atoms with Crippen LogP contribution in [0.4, 0.5) is 5.69 Å². The summed E-state index contributed by atoms with van der Waals surface area (Å²) in [5.74, 6) is -1.05. The maximum absolute atomic E-state index is 13.1. The number of hydrogen-bond acceptors (Lipinski definition) is 4. The molecule has 0 bridgehead atoms. The number of amides is 1. The summed E-state index contributed by atoms with van der Waals surface area (Å²) in [5, 5.41) is 16.8. The van der Waals surface area contributed by atoms with Crippen molar-refractivity contribution in [2.75, 3.05) is 11.9 Å². The fourth-order valence-corrected chi connectivity index (χ4v) is 6.14. The number of carbonyl (C=O) groups excluding carboxylic acids is 1. The van der Waals surface area contributed by atoms with E-state index in [0.29, 0.717) is 12.3 Å². The number of benzene rings is 1. The Kier molecular flexibility index (Phi) is 12.2. The Hall–Kier alpha value is -2.89. The van der Waals surface area contributed by atoms with Gasteiger partial charge in [0, 0.05) is 11.6 Å². The van der Waals surface area contributed by atoms with Gasteiger partial charge in [-0.25, -0.2) is 4.79 Å². The van der Waals surface area contributed by atoms with Gasteiger partial charge in [-0.2, -0.15) is 0 Å². The minimum absolute atomic E-state index is 0.00330. The fourth-order valence-electron chi connectivity index (χ4n) is 6.14. The lowest BCUT2D eigenvalue weighted by atomic mass is 9.54. The number of nitrogens with one attached hydrogen (secondary N) is 1. The first-order chi connectivity index (χ1) is 19.5. The third-order valence-electron chi connectivity index (χ3n) is 8.85. The van der Waals surface area contributed by atoms with E-state index in [0.717, 1.165) is 37.0 Å². The minimum Gasteiger partial charge on any atom is -0.478 e. The predicted molar refractivity (Wildman–Crippen MR) is 168 cm³/mol. The van der Waals surface area contributed by atoms with Crippen molar-refractivity contribution in [2.45, 2.75) is 118 Å². The molecular weight excluding hydrogens is 512 g/mol. The molecular formula is C35H52N2O4. The van der Waals surface area contributed by atoms with Crippen LogP contribution in [-0.2, 0) is 9.63 Å². The van der Waals surface area contributed by atoms with Gasteiger partial charge in [0.25, 0.3) is 0 Å². The van der Waals surface area contributed by atoms with Crippen molar-refractivity contribution in [3.05, 3.63) is 53.1 Å². The molecule has 6 heteroatoms. The van der Waals surface area contributed by atoms with E-state index in [1.807, 2.05) is 6.08 Å². The summed E-state index contributed by atoms with van der Waals surface area (Å²) in [4.78, 5) is 30.2. The number of carboxylic acid groups (broad SMARTS) is 1. The van der Waals surface area contributed by atoms with Crippen LogP contribution in [0.1, 0.15) is 128 Å². The van der Waals surface area contributed by atoms with Gasteiger partial charge in [0.05, 0.1) is 17.7 Å². The summed E-state index contributed by atoms with van der Waals surface area (Å²) in [5.41, 5.74) is 3.95. The van der Waals surface area contributed by atoms with Crippen LogP contribution >= 0.6 is 0 Å². The minimum atomic E-state index is -0.991. The van der Waals surface area contributed by atoms with E-state index in [9.17, 15) is 9.59 Å². The van der Waals surface area contributed by atoms with Gasteiger partial charge >= 0.3 is 5.97 Å². The van der Waals surface area contributed by atoms with Crippen LogP contribution in [-0.4, -0.2) is 29.3 Å². The lowest BCUT2D eigenvalue weighted by molar-refractivity contribution is -0.115. The van der Waals surface area contributed by atoms with E-state index in [1.165, 1.54) is 69.1 Å². The molecule has 0 saturated heterocycles. The molecule has 0 heterocycles. The smallest absolute Gasteiger partial charge is 0.335 e. The molecule has 1 fully saturated rings. The summed E-state index contributed by atoms with van der Waals surface area (Å²) in [7, 11) is 0. The topological polar surface area (TPSA) is 88.0 Å². The zero-order valence-electron chi connectivity index (χ0n) is 26.1. The number of carboxylic acids is 1. The number of nitrogens with zero attached hydrogens (tertiary/aromatic N) is 1. The van der Waals surface area contributed by atoms with Gasteiger partial charge in [-0.05, 0) is 66.4 Å². The van der Waals surface area contributed by atoms with E-state index in [4.69, 9.17) is 15.1 Å². The highest BCUT2D eigenvalue weighted by Crippen LogP contribution is 2.54. The number of unbranched alkanes of at least 4 members (excludes halogenated alkanes) is 9. The van der Waals surface area contributed by atoms with E-state index >= 15 is 0 Å². The number of fused-ring (bicyclic) bond motifs is 1. The monoisotopic (exact) mass is 564 g/mol. The van der Waals surface area contributed by atoms with E-state index in [1.54, 1.807) is 12.1 Å². The van der Waals surface area contributed by atoms with Gasteiger partial charge in [0.1, 0.15) is 6.61 Å².